The number of nitrogens with one attached hydrogen (secondary N) is 2. The minimum atomic E-state index is -0.245. The van der Waals surface area contributed by atoms with Crippen LogP contribution in [0.15, 0.2) is 60.8 Å². The van der Waals surface area contributed by atoms with E-state index in [1.165, 1.54) is 12.1 Å². The first-order valence-corrected chi connectivity index (χ1v) is 8.05. The van der Waals surface area contributed by atoms with E-state index in [9.17, 15) is 4.39 Å². The van der Waals surface area contributed by atoms with Crippen molar-refractivity contribution in [3.63, 3.8) is 0 Å². The number of ether oxygens (including phenoxy) is 1. The summed E-state index contributed by atoms with van der Waals surface area (Å²) in [6.45, 7) is 3.07. The lowest BCUT2D eigenvalue weighted by molar-refractivity contribution is 0.342. The molecule has 0 amide bonds. The Morgan fingerprint density at radius 2 is 1.84 bits per heavy atom. The first-order chi connectivity index (χ1) is 12.2. The normalized spacial score (nSPS) is 10.3. The molecule has 2 aromatic carbocycles. The molecule has 0 radical (unpaired) electrons. The van der Waals surface area contributed by atoms with E-state index < -0.39 is 0 Å². The van der Waals surface area contributed by atoms with Gasteiger partial charge in [-0.2, -0.15) is 4.98 Å². The number of anilines is 3. The molecule has 3 aromatic rings. The van der Waals surface area contributed by atoms with Crippen LogP contribution in [-0.2, 0) is 6.54 Å². The van der Waals surface area contributed by atoms with Gasteiger partial charge in [-0.3, -0.25) is 0 Å². The van der Waals surface area contributed by atoms with E-state index in [1.54, 1.807) is 24.4 Å². The van der Waals surface area contributed by atoms with Gasteiger partial charge in [0.1, 0.15) is 17.4 Å². The molecule has 0 aliphatic carbocycles. The monoisotopic (exact) mass is 338 g/mol. The Morgan fingerprint density at radius 3 is 2.64 bits per heavy atom. The third-order valence-electron chi connectivity index (χ3n) is 3.48. The molecule has 0 aliphatic heterocycles. The number of aromatic nitrogens is 2. The topological polar surface area (TPSA) is 59.1 Å². The molecule has 0 saturated heterocycles. The summed E-state index contributed by atoms with van der Waals surface area (Å²) in [7, 11) is 0. The molecule has 1 heterocycles. The molecule has 5 nitrogen and oxygen atoms in total. The second kappa shape index (κ2) is 8.10. The van der Waals surface area contributed by atoms with Crippen molar-refractivity contribution in [1.82, 2.24) is 9.97 Å². The van der Waals surface area contributed by atoms with Crippen LogP contribution in [0.2, 0.25) is 0 Å². The predicted octanol–water partition coefficient (Wildman–Crippen LogP) is 4.37. The van der Waals surface area contributed by atoms with Gasteiger partial charge in [0.05, 0.1) is 12.3 Å². The first-order valence-electron chi connectivity index (χ1n) is 8.05. The zero-order valence-electron chi connectivity index (χ0n) is 13.9. The molecule has 25 heavy (non-hydrogen) atoms. The van der Waals surface area contributed by atoms with Crippen LogP contribution in [0.4, 0.5) is 21.8 Å². The molecule has 0 spiro atoms. The van der Waals surface area contributed by atoms with Gasteiger partial charge in [-0.05, 0) is 42.8 Å². The van der Waals surface area contributed by atoms with Crippen LogP contribution in [0.5, 0.6) is 5.75 Å². The minimum Gasteiger partial charge on any atom is -0.492 e. The Balaban J connectivity index is 1.68. The van der Waals surface area contributed by atoms with Gasteiger partial charge >= 0.3 is 0 Å². The molecule has 0 unspecified atom stereocenters. The lowest BCUT2D eigenvalue weighted by atomic mass is 10.2. The average Bonchev–Trinajstić information content (AvgIpc) is 2.63. The third kappa shape index (κ3) is 4.67. The smallest absolute Gasteiger partial charge is 0.229 e. The summed E-state index contributed by atoms with van der Waals surface area (Å²) in [4.78, 5) is 8.67. The van der Waals surface area contributed by atoms with Gasteiger partial charge in [-0.25, -0.2) is 9.37 Å². The highest BCUT2D eigenvalue weighted by Gasteiger charge is 2.05. The number of rotatable bonds is 7. The Hall–Kier alpha value is -3.15. The van der Waals surface area contributed by atoms with Crippen LogP contribution in [0.25, 0.3) is 0 Å². The largest absolute Gasteiger partial charge is 0.492 e. The maximum Gasteiger partial charge on any atom is 0.229 e. The van der Waals surface area contributed by atoms with Crippen molar-refractivity contribution in [1.29, 1.82) is 0 Å². The second-order valence-electron chi connectivity index (χ2n) is 5.30. The molecule has 0 bridgehead atoms. The Labute approximate surface area is 145 Å². The highest BCUT2D eigenvalue weighted by molar-refractivity contribution is 5.62. The summed E-state index contributed by atoms with van der Waals surface area (Å²) in [6.07, 6.45) is 1.67. The van der Waals surface area contributed by atoms with Gasteiger partial charge in [0.25, 0.3) is 0 Å². The molecule has 0 atom stereocenters. The Kier molecular flexibility index (Phi) is 5.41. The predicted molar refractivity (Wildman–Crippen MR) is 96.7 cm³/mol. The van der Waals surface area contributed by atoms with E-state index in [0.29, 0.717) is 24.9 Å². The minimum absolute atomic E-state index is 0.245. The maximum absolute atomic E-state index is 12.9. The molecule has 2 N–H and O–H groups in total. The number of para-hydroxylation sites is 2. The SMILES string of the molecule is CCOc1ccccc1Nc1nccc(NCc2ccc(F)cc2)n1. The van der Waals surface area contributed by atoms with Gasteiger partial charge in [0.2, 0.25) is 5.95 Å². The fourth-order valence-corrected chi connectivity index (χ4v) is 2.28. The van der Waals surface area contributed by atoms with E-state index in [0.717, 1.165) is 17.0 Å². The molecule has 128 valence electrons. The highest BCUT2D eigenvalue weighted by atomic mass is 19.1. The van der Waals surface area contributed by atoms with Crippen LogP contribution < -0.4 is 15.4 Å². The van der Waals surface area contributed by atoms with Gasteiger partial charge < -0.3 is 15.4 Å². The summed E-state index contributed by atoms with van der Waals surface area (Å²) >= 11 is 0. The molecule has 0 saturated carbocycles. The van der Waals surface area contributed by atoms with Crippen molar-refractivity contribution in [2.45, 2.75) is 13.5 Å². The van der Waals surface area contributed by atoms with Crippen LogP contribution in [0.1, 0.15) is 12.5 Å². The first kappa shape index (κ1) is 16.7. The van der Waals surface area contributed by atoms with Crippen molar-refractivity contribution < 1.29 is 9.13 Å². The summed E-state index contributed by atoms with van der Waals surface area (Å²) in [5.41, 5.74) is 1.77. The van der Waals surface area contributed by atoms with E-state index in [-0.39, 0.29) is 5.82 Å². The zero-order chi connectivity index (χ0) is 17.5. The van der Waals surface area contributed by atoms with Crippen LogP contribution in [0.3, 0.4) is 0 Å². The molecule has 0 aliphatic rings. The highest BCUT2D eigenvalue weighted by Crippen LogP contribution is 2.26. The van der Waals surface area contributed by atoms with Gasteiger partial charge in [-0.1, -0.05) is 24.3 Å². The fraction of sp³-hybridized carbons (Fsp3) is 0.158. The molecular formula is C19H19FN4O. The lowest BCUT2D eigenvalue weighted by Crippen LogP contribution is -2.05. The van der Waals surface area contributed by atoms with Gasteiger partial charge in [0, 0.05) is 12.7 Å². The average molecular weight is 338 g/mol. The fourth-order valence-electron chi connectivity index (χ4n) is 2.28. The second-order valence-corrected chi connectivity index (χ2v) is 5.30. The number of hydrogen-bond acceptors (Lipinski definition) is 5. The van der Waals surface area contributed by atoms with E-state index >= 15 is 0 Å². The van der Waals surface area contributed by atoms with Crippen molar-refractivity contribution >= 4 is 17.5 Å². The summed E-state index contributed by atoms with van der Waals surface area (Å²) in [6, 6.07) is 15.8. The summed E-state index contributed by atoms with van der Waals surface area (Å²) < 4.78 is 18.5. The lowest BCUT2D eigenvalue weighted by Gasteiger charge is -2.12. The molecule has 3 rings (SSSR count). The van der Waals surface area contributed by atoms with Gasteiger partial charge in [-0.15, -0.1) is 0 Å². The van der Waals surface area contributed by atoms with Crippen molar-refractivity contribution in [3.8, 4) is 5.75 Å². The van der Waals surface area contributed by atoms with E-state index in [1.807, 2.05) is 31.2 Å². The van der Waals surface area contributed by atoms with Gasteiger partial charge in [0.15, 0.2) is 0 Å². The molecular weight excluding hydrogens is 319 g/mol. The van der Waals surface area contributed by atoms with E-state index in [2.05, 4.69) is 20.6 Å². The summed E-state index contributed by atoms with van der Waals surface area (Å²) in [5, 5.41) is 6.37. The number of hydrogen-bond donors (Lipinski definition) is 2. The van der Waals surface area contributed by atoms with Crippen molar-refractivity contribution in [3.05, 3.63) is 72.2 Å². The van der Waals surface area contributed by atoms with Crippen molar-refractivity contribution in [2.24, 2.45) is 0 Å². The standard InChI is InChI=1S/C19H19FN4O/c1-2-25-17-6-4-3-5-16(17)23-19-21-12-11-18(24-19)22-13-14-7-9-15(20)10-8-14/h3-12H,2,13H2,1H3,(H2,21,22,23,24). The zero-order valence-corrected chi connectivity index (χ0v) is 13.9. The summed E-state index contributed by atoms with van der Waals surface area (Å²) in [5.74, 6) is 1.65. The van der Waals surface area contributed by atoms with Crippen LogP contribution in [0, 0.1) is 5.82 Å². The van der Waals surface area contributed by atoms with E-state index in [4.69, 9.17) is 4.74 Å². The van der Waals surface area contributed by atoms with Crippen LogP contribution in [-0.4, -0.2) is 16.6 Å². The maximum atomic E-state index is 12.9. The van der Waals surface area contributed by atoms with Crippen LogP contribution >= 0.6 is 0 Å². The molecule has 1 aromatic heterocycles. The molecule has 0 fully saturated rings. The molecule has 6 heteroatoms. The van der Waals surface area contributed by atoms with Crippen molar-refractivity contribution in [2.75, 3.05) is 17.2 Å². The number of nitrogens with zero attached hydrogens (tertiary/aromatic N) is 2. The number of benzene rings is 2. The quantitative estimate of drug-likeness (QED) is 0.670. The Morgan fingerprint density at radius 1 is 1.04 bits per heavy atom. The third-order valence-corrected chi connectivity index (χ3v) is 3.48. The number of halogens is 1. The Bertz CT molecular complexity index is 824.